The van der Waals surface area contributed by atoms with Gasteiger partial charge in [-0.25, -0.2) is 0 Å². The van der Waals surface area contributed by atoms with Gasteiger partial charge < -0.3 is 10.2 Å². The molecule has 0 aliphatic heterocycles. The first-order chi connectivity index (χ1) is 8.10. The number of rotatable bonds is 5. The molecule has 2 N–H and O–H groups in total. The van der Waals surface area contributed by atoms with Gasteiger partial charge in [0.25, 0.3) is 0 Å². The van der Waals surface area contributed by atoms with Gasteiger partial charge in [-0.1, -0.05) is 17.2 Å². The zero-order chi connectivity index (χ0) is 12.8. The number of aliphatic hydroxyl groups is 2. The molecule has 0 aromatic heterocycles. The van der Waals surface area contributed by atoms with Crippen molar-refractivity contribution in [2.75, 3.05) is 6.54 Å². The molecule has 0 aliphatic rings. The maximum Gasteiger partial charge on any atom is 0.150 e. The molecule has 1 aromatic rings. The molecule has 0 heterocycles. The second kappa shape index (κ2) is 6.00. The number of benzene rings is 1. The quantitative estimate of drug-likeness (QED) is 0.349. The first-order valence-corrected chi connectivity index (χ1v) is 5.03. The number of nitrogens with zero attached hydrogens (tertiary/aromatic N) is 3. The van der Waals surface area contributed by atoms with Crippen LogP contribution in [0.3, 0.4) is 0 Å². The minimum atomic E-state index is -1.19. The molecule has 2 atom stereocenters. The van der Waals surface area contributed by atoms with Gasteiger partial charge in [0.1, 0.15) is 12.4 Å². The van der Waals surface area contributed by atoms with Gasteiger partial charge in [-0.3, -0.25) is 4.79 Å². The summed E-state index contributed by atoms with van der Waals surface area (Å²) < 4.78 is 0. The van der Waals surface area contributed by atoms with Gasteiger partial charge >= 0.3 is 0 Å². The van der Waals surface area contributed by atoms with Crippen LogP contribution in [-0.2, 0) is 0 Å². The van der Waals surface area contributed by atoms with Gasteiger partial charge in [0.15, 0.2) is 0 Å². The summed E-state index contributed by atoms with van der Waals surface area (Å²) in [5, 5.41) is 22.6. The van der Waals surface area contributed by atoms with Crippen LogP contribution in [0.1, 0.15) is 27.6 Å². The van der Waals surface area contributed by atoms with E-state index in [4.69, 9.17) is 5.53 Å². The van der Waals surface area contributed by atoms with E-state index in [-0.39, 0.29) is 6.54 Å². The number of aldehydes is 1. The van der Waals surface area contributed by atoms with Crippen molar-refractivity contribution in [2.24, 2.45) is 5.11 Å². The molecule has 17 heavy (non-hydrogen) atoms. The molecule has 0 bridgehead atoms. The fourth-order valence-electron chi connectivity index (χ4n) is 1.48. The zero-order valence-corrected chi connectivity index (χ0v) is 9.32. The highest BCUT2D eigenvalue weighted by Crippen LogP contribution is 2.22. The van der Waals surface area contributed by atoms with Crippen molar-refractivity contribution >= 4 is 6.29 Å². The first kappa shape index (κ1) is 13.2. The van der Waals surface area contributed by atoms with Crippen LogP contribution in [0.5, 0.6) is 0 Å². The van der Waals surface area contributed by atoms with E-state index in [1.165, 1.54) is 6.07 Å². The van der Waals surface area contributed by atoms with E-state index in [1.807, 2.05) is 0 Å². The lowest BCUT2D eigenvalue weighted by Gasteiger charge is -2.18. The summed E-state index contributed by atoms with van der Waals surface area (Å²) in [6.07, 6.45) is -1.71. The van der Waals surface area contributed by atoms with Gasteiger partial charge in [-0.15, -0.1) is 0 Å². The third-order valence-corrected chi connectivity index (χ3v) is 2.45. The van der Waals surface area contributed by atoms with E-state index in [0.717, 1.165) is 5.56 Å². The average molecular weight is 235 g/mol. The number of hydrogen-bond donors (Lipinski definition) is 2. The van der Waals surface area contributed by atoms with Gasteiger partial charge in [0, 0.05) is 10.5 Å². The Bertz CT molecular complexity index is 455. The number of aliphatic hydroxyl groups excluding tert-OH is 2. The molecule has 0 amide bonds. The Labute approximate surface area is 98.1 Å². The lowest BCUT2D eigenvalue weighted by molar-refractivity contribution is 0.0240. The maximum atomic E-state index is 10.6. The Morgan fingerprint density at radius 3 is 2.82 bits per heavy atom. The summed E-state index contributed by atoms with van der Waals surface area (Å²) in [7, 11) is 0. The van der Waals surface area contributed by atoms with Crippen molar-refractivity contribution in [1.29, 1.82) is 0 Å². The topological polar surface area (TPSA) is 106 Å². The van der Waals surface area contributed by atoms with Gasteiger partial charge in [-0.2, -0.15) is 0 Å². The number of azide groups is 1. The Morgan fingerprint density at radius 2 is 2.24 bits per heavy atom. The third-order valence-electron chi connectivity index (χ3n) is 2.45. The molecule has 1 aromatic carbocycles. The number of hydrogen-bond acceptors (Lipinski definition) is 4. The highest BCUT2D eigenvalue weighted by atomic mass is 16.3. The van der Waals surface area contributed by atoms with Crippen LogP contribution in [0.15, 0.2) is 23.3 Å². The highest BCUT2D eigenvalue weighted by molar-refractivity contribution is 5.75. The molecule has 2 unspecified atom stereocenters. The van der Waals surface area contributed by atoms with Crippen molar-refractivity contribution in [1.82, 2.24) is 0 Å². The molecule has 90 valence electrons. The second-order valence-corrected chi connectivity index (χ2v) is 3.66. The van der Waals surface area contributed by atoms with Crippen molar-refractivity contribution in [2.45, 2.75) is 19.1 Å². The van der Waals surface area contributed by atoms with Crippen LogP contribution in [-0.4, -0.2) is 29.1 Å². The first-order valence-electron chi connectivity index (χ1n) is 5.03. The third kappa shape index (κ3) is 3.29. The standard InChI is InChI=1S/C11H13N3O3/c1-7-2-3-8(6-15)4-9(7)11(17)10(16)5-13-14-12/h2-4,6,10-11,16-17H,5H2,1H3. The van der Waals surface area contributed by atoms with E-state index < -0.39 is 12.2 Å². The predicted octanol–water partition coefficient (Wildman–Crippen LogP) is 1.51. The lowest BCUT2D eigenvalue weighted by atomic mass is 9.97. The molecule has 0 fully saturated rings. The van der Waals surface area contributed by atoms with Crippen molar-refractivity contribution in [3.8, 4) is 0 Å². The summed E-state index contributed by atoms with van der Waals surface area (Å²) >= 11 is 0. The van der Waals surface area contributed by atoms with E-state index >= 15 is 0 Å². The number of carbonyl (C=O) groups excluding carboxylic acids is 1. The molecule has 0 saturated heterocycles. The Hall–Kier alpha value is -1.88. The lowest BCUT2D eigenvalue weighted by Crippen LogP contribution is -2.22. The van der Waals surface area contributed by atoms with E-state index in [1.54, 1.807) is 19.1 Å². The van der Waals surface area contributed by atoms with Crippen LogP contribution in [0.4, 0.5) is 0 Å². The molecule has 0 aliphatic carbocycles. The monoisotopic (exact) mass is 235 g/mol. The smallest absolute Gasteiger partial charge is 0.150 e. The van der Waals surface area contributed by atoms with Gasteiger partial charge in [0.05, 0.1) is 12.6 Å². The van der Waals surface area contributed by atoms with E-state index in [2.05, 4.69) is 10.0 Å². The fraction of sp³-hybridized carbons (Fsp3) is 0.364. The molecule has 0 radical (unpaired) electrons. The van der Waals surface area contributed by atoms with Crippen LogP contribution >= 0.6 is 0 Å². The van der Waals surface area contributed by atoms with Crippen LogP contribution < -0.4 is 0 Å². The minimum absolute atomic E-state index is 0.220. The molecule has 6 nitrogen and oxygen atoms in total. The summed E-state index contributed by atoms with van der Waals surface area (Å²) in [6.45, 7) is 1.54. The van der Waals surface area contributed by atoms with E-state index in [9.17, 15) is 15.0 Å². The maximum absolute atomic E-state index is 10.6. The normalized spacial score (nSPS) is 13.6. The van der Waals surface area contributed by atoms with Crippen molar-refractivity contribution in [3.63, 3.8) is 0 Å². The summed E-state index contributed by atoms with van der Waals surface area (Å²) in [4.78, 5) is 13.1. The Kier molecular flexibility index (Phi) is 4.66. The molecule has 1 rings (SSSR count). The summed E-state index contributed by atoms with van der Waals surface area (Å²) in [5.74, 6) is 0. The second-order valence-electron chi connectivity index (χ2n) is 3.66. The molecule has 0 spiro atoms. The summed E-state index contributed by atoms with van der Waals surface area (Å²) in [5.41, 5.74) is 9.75. The zero-order valence-electron chi connectivity index (χ0n) is 9.32. The Morgan fingerprint density at radius 1 is 1.53 bits per heavy atom. The van der Waals surface area contributed by atoms with Crippen molar-refractivity contribution < 1.29 is 15.0 Å². The predicted molar refractivity (Wildman–Crippen MR) is 61.5 cm³/mol. The van der Waals surface area contributed by atoms with Gasteiger partial charge in [-0.05, 0) is 29.6 Å². The SMILES string of the molecule is Cc1ccc(C=O)cc1C(O)C(O)CN=[N+]=[N-]. The van der Waals surface area contributed by atoms with Gasteiger partial charge in [0.2, 0.25) is 0 Å². The van der Waals surface area contributed by atoms with Crippen LogP contribution in [0.25, 0.3) is 10.4 Å². The molecule has 6 heteroatoms. The summed E-state index contributed by atoms with van der Waals surface area (Å²) in [6, 6.07) is 4.81. The molecule has 0 saturated carbocycles. The largest absolute Gasteiger partial charge is 0.390 e. The Balaban J connectivity index is 2.97. The highest BCUT2D eigenvalue weighted by Gasteiger charge is 2.19. The van der Waals surface area contributed by atoms with Crippen molar-refractivity contribution in [3.05, 3.63) is 45.3 Å². The number of carbonyl (C=O) groups is 1. The fourth-order valence-corrected chi connectivity index (χ4v) is 1.48. The molecular weight excluding hydrogens is 222 g/mol. The number of aryl methyl sites for hydroxylation is 1. The molecular formula is C11H13N3O3. The minimum Gasteiger partial charge on any atom is -0.390 e. The van der Waals surface area contributed by atoms with E-state index in [0.29, 0.717) is 17.4 Å². The van der Waals surface area contributed by atoms with Crippen LogP contribution in [0, 0.1) is 6.92 Å². The van der Waals surface area contributed by atoms with Crippen LogP contribution in [0.2, 0.25) is 0 Å². The average Bonchev–Trinajstić information content (AvgIpc) is 2.35.